The second kappa shape index (κ2) is 5.02. The minimum Gasteiger partial charge on any atom is -0.230 e. The van der Waals surface area contributed by atoms with E-state index in [0.29, 0.717) is 10.7 Å². The monoisotopic (exact) mass is 246 g/mol. The molecule has 2 rings (SSSR count). The summed E-state index contributed by atoms with van der Waals surface area (Å²) < 4.78 is 0. The first-order valence-corrected chi connectivity index (χ1v) is 5.78. The van der Waals surface area contributed by atoms with Crippen LogP contribution in [0.2, 0.25) is 5.02 Å². The number of pyridine rings is 1. The van der Waals surface area contributed by atoms with Crippen LogP contribution in [-0.2, 0) is 0 Å². The molecule has 0 aliphatic carbocycles. The molecule has 0 aliphatic rings. The Morgan fingerprint density at radius 3 is 2.75 bits per heavy atom. The number of halogens is 1. The van der Waals surface area contributed by atoms with Crippen LogP contribution in [0.5, 0.6) is 0 Å². The summed E-state index contributed by atoms with van der Waals surface area (Å²) in [6, 6.07) is 14.9. The van der Waals surface area contributed by atoms with Gasteiger partial charge in [0.2, 0.25) is 0 Å². The maximum absolute atomic E-state index is 8.73. The predicted molar refractivity (Wildman–Crippen MR) is 64.5 cm³/mol. The third-order valence-electron chi connectivity index (χ3n) is 1.86. The molecule has 4 heteroatoms. The summed E-state index contributed by atoms with van der Waals surface area (Å²) in [4.78, 5) is 5.18. The molecule has 2 aromatic rings. The molecular weight excluding hydrogens is 240 g/mol. The van der Waals surface area contributed by atoms with Gasteiger partial charge in [-0.15, -0.1) is 0 Å². The van der Waals surface area contributed by atoms with Crippen LogP contribution in [0.3, 0.4) is 0 Å². The van der Waals surface area contributed by atoms with Crippen LogP contribution in [0.15, 0.2) is 52.4 Å². The average Bonchev–Trinajstić information content (AvgIpc) is 2.29. The molecule has 0 saturated carbocycles. The van der Waals surface area contributed by atoms with E-state index >= 15 is 0 Å². The zero-order valence-corrected chi connectivity index (χ0v) is 9.79. The maximum Gasteiger partial charge on any atom is 0.141 e. The minimum absolute atomic E-state index is 0.423. The van der Waals surface area contributed by atoms with Gasteiger partial charge in [0, 0.05) is 9.92 Å². The van der Waals surface area contributed by atoms with E-state index in [1.165, 1.54) is 11.8 Å². The lowest BCUT2D eigenvalue weighted by Crippen LogP contribution is -1.84. The zero-order valence-electron chi connectivity index (χ0n) is 8.22. The smallest absolute Gasteiger partial charge is 0.141 e. The Bertz CT molecular complexity index is 549. The van der Waals surface area contributed by atoms with E-state index in [1.807, 2.05) is 42.5 Å². The van der Waals surface area contributed by atoms with Gasteiger partial charge in [0.1, 0.15) is 16.8 Å². The van der Waals surface area contributed by atoms with E-state index in [1.54, 1.807) is 6.07 Å². The third kappa shape index (κ3) is 2.75. The molecule has 16 heavy (non-hydrogen) atoms. The van der Waals surface area contributed by atoms with Crippen molar-refractivity contribution in [3.8, 4) is 6.07 Å². The van der Waals surface area contributed by atoms with E-state index in [-0.39, 0.29) is 0 Å². The van der Waals surface area contributed by atoms with E-state index in [2.05, 4.69) is 4.98 Å². The SMILES string of the molecule is N#Cc1cccc(Sc2cccc(Cl)c2)n1. The summed E-state index contributed by atoms with van der Waals surface area (Å²) in [5.74, 6) is 0. The molecule has 0 fully saturated rings. The highest BCUT2D eigenvalue weighted by Crippen LogP contribution is 2.27. The summed E-state index contributed by atoms with van der Waals surface area (Å²) in [5, 5.41) is 10.2. The van der Waals surface area contributed by atoms with Crippen molar-refractivity contribution >= 4 is 23.4 Å². The molecule has 0 spiro atoms. The van der Waals surface area contributed by atoms with Crippen LogP contribution < -0.4 is 0 Å². The summed E-state index contributed by atoms with van der Waals surface area (Å²) in [6.45, 7) is 0. The van der Waals surface area contributed by atoms with Crippen molar-refractivity contribution in [3.05, 3.63) is 53.2 Å². The molecule has 1 aromatic carbocycles. The number of hydrogen-bond donors (Lipinski definition) is 0. The van der Waals surface area contributed by atoms with Gasteiger partial charge in [0.25, 0.3) is 0 Å². The van der Waals surface area contributed by atoms with Crippen LogP contribution in [0, 0.1) is 11.3 Å². The van der Waals surface area contributed by atoms with Crippen LogP contribution in [0.4, 0.5) is 0 Å². The van der Waals surface area contributed by atoms with Gasteiger partial charge in [-0.3, -0.25) is 0 Å². The highest BCUT2D eigenvalue weighted by atomic mass is 35.5. The molecule has 78 valence electrons. The predicted octanol–water partition coefficient (Wildman–Crippen LogP) is 3.76. The first-order chi connectivity index (χ1) is 7.78. The quantitative estimate of drug-likeness (QED) is 0.810. The van der Waals surface area contributed by atoms with Gasteiger partial charge in [-0.25, -0.2) is 4.98 Å². The third-order valence-corrected chi connectivity index (χ3v) is 3.02. The maximum atomic E-state index is 8.73. The first kappa shape index (κ1) is 11.0. The molecular formula is C12H7ClN2S. The van der Waals surface area contributed by atoms with Crippen LogP contribution in [0.1, 0.15) is 5.69 Å². The highest BCUT2D eigenvalue weighted by Gasteiger charge is 2.00. The molecule has 1 aromatic heterocycles. The average molecular weight is 247 g/mol. The lowest BCUT2D eigenvalue weighted by molar-refractivity contribution is 1.10. The second-order valence-electron chi connectivity index (χ2n) is 3.03. The fraction of sp³-hybridized carbons (Fsp3) is 0. The minimum atomic E-state index is 0.423. The van der Waals surface area contributed by atoms with Gasteiger partial charge in [0.05, 0.1) is 0 Å². The Morgan fingerprint density at radius 2 is 2.00 bits per heavy atom. The summed E-state index contributed by atoms with van der Waals surface area (Å²) in [5.41, 5.74) is 0.423. The summed E-state index contributed by atoms with van der Waals surface area (Å²) >= 11 is 7.37. The Kier molecular flexibility index (Phi) is 3.45. The lowest BCUT2D eigenvalue weighted by Gasteiger charge is -2.01. The highest BCUT2D eigenvalue weighted by molar-refractivity contribution is 7.99. The molecule has 0 aliphatic heterocycles. The van der Waals surface area contributed by atoms with Crippen molar-refractivity contribution in [3.63, 3.8) is 0 Å². The van der Waals surface area contributed by atoms with Gasteiger partial charge in [-0.05, 0) is 30.3 Å². The van der Waals surface area contributed by atoms with Gasteiger partial charge in [0.15, 0.2) is 0 Å². The first-order valence-electron chi connectivity index (χ1n) is 4.58. The molecule has 0 bridgehead atoms. The zero-order chi connectivity index (χ0) is 11.4. The van der Waals surface area contributed by atoms with E-state index in [4.69, 9.17) is 16.9 Å². The van der Waals surface area contributed by atoms with Gasteiger partial charge >= 0.3 is 0 Å². The number of hydrogen-bond acceptors (Lipinski definition) is 3. The van der Waals surface area contributed by atoms with Crippen LogP contribution >= 0.6 is 23.4 Å². The number of rotatable bonds is 2. The van der Waals surface area contributed by atoms with Crippen molar-refractivity contribution < 1.29 is 0 Å². The van der Waals surface area contributed by atoms with Crippen molar-refractivity contribution in [2.24, 2.45) is 0 Å². The number of nitriles is 1. The van der Waals surface area contributed by atoms with Gasteiger partial charge in [-0.1, -0.05) is 35.5 Å². The van der Waals surface area contributed by atoms with Gasteiger partial charge in [-0.2, -0.15) is 5.26 Å². The molecule has 0 atom stereocenters. The molecule has 2 nitrogen and oxygen atoms in total. The molecule has 1 heterocycles. The fourth-order valence-electron chi connectivity index (χ4n) is 1.19. The van der Waals surface area contributed by atoms with Gasteiger partial charge < -0.3 is 0 Å². The van der Waals surface area contributed by atoms with Crippen molar-refractivity contribution in [1.82, 2.24) is 4.98 Å². The topological polar surface area (TPSA) is 36.7 Å². The number of aromatic nitrogens is 1. The molecule has 0 N–H and O–H groups in total. The molecule has 0 saturated heterocycles. The molecule has 0 radical (unpaired) electrons. The van der Waals surface area contributed by atoms with E-state index in [0.717, 1.165) is 9.92 Å². The van der Waals surface area contributed by atoms with Crippen molar-refractivity contribution in [1.29, 1.82) is 5.26 Å². The lowest BCUT2D eigenvalue weighted by atomic mass is 10.4. The van der Waals surface area contributed by atoms with E-state index < -0.39 is 0 Å². The second-order valence-corrected chi connectivity index (χ2v) is 4.56. The van der Waals surface area contributed by atoms with E-state index in [9.17, 15) is 0 Å². The van der Waals surface area contributed by atoms with Crippen molar-refractivity contribution in [2.75, 3.05) is 0 Å². The summed E-state index contributed by atoms with van der Waals surface area (Å²) in [7, 11) is 0. The largest absolute Gasteiger partial charge is 0.230 e. The Labute approximate surface area is 103 Å². The fourth-order valence-corrected chi connectivity index (χ4v) is 2.30. The normalized spacial score (nSPS) is 9.75. The molecule has 0 amide bonds. The molecule has 0 unspecified atom stereocenters. The van der Waals surface area contributed by atoms with Crippen molar-refractivity contribution in [2.45, 2.75) is 9.92 Å². The Morgan fingerprint density at radius 1 is 1.19 bits per heavy atom. The standard InChI is InChI=1S/C12H7ClN2S/c13-9-3-1-5-11(7-9)16-12-6-2-4-10(8-14)15-12/h1-7H. The summed E-state index contributed by atoms with van der Waals surface area (Å²) in [6.07, 6.45) is 0. The Hall–Kier alpha value is -1.50. The van der Waals surface area contributed by atoms with Crippen LogP contribution in [-0.4, -0.2) is 4.98 Å². The number of benzene rings is 1. The number of nitrogens with zero attached hydrogens (tertiary/aromatic N) is 2. The Balaban J connectivity index is 2.24. The van der Waals surface area contributed by atoms with Crippen LogP contribution in [0.25, 0.3) is 0 Å².